The predicted molar refractivity (Wildman–Crippen MR) is 140 cm³/mol. The molecule has 5 rings (SSSR count). The summed E-state index contributed by atoms with van der Waals surface area (Å²) in [6.45, 7) is 3.98. The molecule has 3 heterocycles. The van der Waals surface area contributed by atoms with E-state index in [1.54, 1.807) is 47.4 Å². The monoisotopic (exact) mass is 517 g/mol. The minimum absolute atomic E-state index is 0.0679. The first-order valence-electron chi connectivity index (χ1n) is 11.6. The number of amidine groups is 2. The number of hydrazone groups is 1. The lowest BCUT2D eigenvalue weighted by atomic mass is 10.1. The van der Waals surface area contributed by atoms with Crippen LogP contribution in [0.25, 0.3) is 6.08 Å². The minimum Gasteiger partial charge on any atom is -0.423 e. The van der Waals surface area contributed by atoms with E-state index in [0.29, 0.717) is 48.2 Å². The Morgan fingerprint density at radius 1 is 1.16 bits per heavy atom. The average molecular weight is 518 g/mol. The number of esters is 1. The van der Waals surface area contributed by atoms with Gasteiger partial charge in [-0.25, -0.2) is 4.79 Å². The summed E-state index contributed by atoms with van der Waals surface area (Å²) in [7, 11) is 0. The van der Waals surface area contributed by atoms with Gasteiger partial charge in [0, 0.05) is 13.1 Å². The zero-order valence-electron chi connectivity index (χ0n) is 20.0. The molecule has 1 fully saturated rings. The normalized spacial score (nSPS) is 18.5. The van der Waals surface area contributed by atoms with Crippen molar-refractivity contribution in [3.63, 3.8) is 0 Å². The number of nitrogens with one attached hydrogen (secondary N) is 1. The van der Waals surface area contributed by atoms with Gasteiger partial charge in [0.15, 0.2) is 5.84 Å². The number of hydrogen-bond acceptors (Lipinski definition) is 8. The van der Waals surface area contributed by atoms with Crippen molar-refractivity contribution in [3.8, 4) is 5.75 Å². The van der Waals surface area contributed by atoms with Gasteiger partial charge in [-0.05, 0) is 54.6 Å². The highest BCUT2D eigenvalue weighted by molar-refractivity contribution is 8.27. The second-order valence-electron chi connectivity index (χ2n) is 8.51. The number of nitrogens with zero attached hydrogens (tertiary/aromatic N) is 4. The van der Waals surface area contributed by atoms with Crippen LogP contribution in [0.4, 0.5) is 0 Å². The van der Waals surface area contributed by atoms with Crippen molar-refractivity contribution in [2.45, 2.75) is 13.3 Å². The summed E-state index contributed by atoms with van der Waals surface area (Å²) in [6.07, 6.45) is 1.61. The molecule has 1 N–H and O–H groups in total. The van der Waals surface area contributed by atoms with Crippen molar-refractivity contribution in [3.05, 3.63) is 70.8 Å². The first-order valence-corrected chi connectivity index (χ1v) is 12.4. The Morgan fingerprint density at radius 2 is 1.92 bits per heavy atom. The van der Waals surface area contributed by atoms with Gasteiger partial charge >= 0.3 is 5.97 Å². The van der Waals surface area contributed by atoms with Gasteiger partial charge in [-0.2, -0.15) is 15.1 Å². The summed E-state index contributed by atoms with van der Waals surface area (Å²) >= 11 is 1.12. The van der Waals surface area contributed by atoms with Crippen molar-refractivity contribution in [2.24, 2.45) is 10.1 Å². The molecule has 0 spiro atoms. The van der Waals surface area contributed by atoms with Crippen LogP contribution in [0.3, 0.4) is 0 Å². The molecule has 1 saturated heterocycles. The van der Waals surface area contributed by atoms with Crippen LogP contribution in [0.1, 0.15) is 27.9 Å². The van der Waals surface area contributed by atoms with Gasteiger partial charge in [0.25, 0.3) is 5.91 Å². The highest BCUT2D eigenvalue weighted by atomic mass is 32.2. The second kappa shape index (κ2) is 10.5. The molecule has 0 saturated carbocycles. The highest BCUT2D eigenvalue weighted by Crippen LogP contribution is 2.30. The molecule has 0 radical (unpaired) electrons. The molecule has 3 aliphatic heterocycles. The molecular formula is C26H23N5O5S. The van der Waals surface area contributed by atoms with Gasteiger partial charge < -0.3 is 14.4 Å². The Balaban J connectivity index is 1.26. The average Bonchev–Trinajstić information content (AvgIpc) is 3.30. The number of rotatable bonds is 5. The summed E-state index contributed by atoms with van der Waals surface area (Å²) in [5.74, 6) is -0.866. The molecule has 2 aromatic rings. The number of morpholine rings is 1. The Bertz CT molecular complexity index is 1380. The lowest BCUT2D eigenvalue weighted by Crippen LogP contribution is -2.41. The first-order chi connectivity index (χ1) is 17.9. The van der Waals surface area contributed by atoms with E-state index in [4.69, 9.17) is 14.9 Å². The van der Waals surface area contributed by atoms with Crippen LogP contribution in [0, 0.1) is 12.3 Å². The minimum atomic E-state index is -0.561. The molecule has 2 amide bonds. The molecule has 3 aliphatic rings. The van der Waals surface area contributed by atoms with E-state index in [1.807, 2.05) is 13.0 Å². The first kappa shape index (κ1) is 24.6. The lowest BCUT2D eigenvalue weighted by Gasteiger charge is -2.26. The molecule has 0 aromatic heterocycles. The van der Waals surface area contributed by atoms with Crippen LogP contribution < -0.4 is 4.74 Å². The third-order valence-corrected chi connectivity index (χ3v) is 6.73. The maximum atomic E-state index is 12.7. The fourth-order valence-electron chi connectivity index (χ4n) is 3.89. The maximum absolute atomic E-state index is 12.7. The molecule has 10 nitrogen and oxygen atoms in total. The number of aliphatic imine (C=N–C) groups is 1. The van der Waals surface area contributed by atoms with E-state index in [2.05, 4.69) is 10.1 Å². The SMILES string of the molecule is Cc1cccc(C(=O)Oc2ccc(C=C3C(=N)N4N=C(CC(=O)N5CCOCC5)SC4=NC3=O)cc2)c1. The molecule has 0 aliphatic carbocycles. The molecule has 11 heteroatoms. The van der Waals surface area contributed by atoms with Crippen molar-refractivity contribution >= 4 is 51.7 Å². The van der Waals surface area contributed by atoms with Crippen LogP contribution >= 0.6 is 11.8 Å². The van der Waals surface area contributed by atoms with E-state index >= 15 is 0 Å². The third kappa shape index (κ3) is 5.52. The molecule has 0 bridgehead atoms. The molecule has 0 atom stereocenters. The summed E-state index contributed by atoms with van der Waals surface area (Å²) < 4.78 is 10.7. The van der Waals surface area contributed by atoms with Gasteiger partial charge in [-0.1, -0.05) is 29.8 Å². The zero-order chi connectivity index (χ0) is 25.9. The molecule has 2 aromatic carbocycles. The number of carbonyl (C=O) groups is 3. The highest BCUT2D eigenvalue weighted by Gasteiger charge is 2.36. The number of amides is 2. The number of fused-ring (bicyclic) bond motifs is 1. The number of benzene rings is 2. The predicted octanol–water partition coefficient (Wildman–Crippen LogP) is 3.08. The summed E-state index contributed by atoms with van der Waals surface area (Å²) in [5, 5.41) is 14.9. The van der Waals surface area contributed by atoms with Gasteiger partial charge in [0.2, 0.25) is 11.1 Å². The number of ether oxygens (including phenoxy) is 2. The van der Waals surface area contributed by atoms with Crippen LogP contribution in [0.15, 0.2) is 64.2 Å². The Kier molecular flexibility index (Phi) is 6.97. The van der Waals surface area contributed by atoms with Gasteiger partial charge in [0.05, 0.1) is 30.8 Å². The van der Waals surface area contributed by atoms with Gasteiger partial charge in [-0.3, -0.25) is 15.0 Å². The summed E-state index contributed by atoms with van der Waals surface area (Å²) in [5.41, 5.74) is 2.11. The number of hydrogen-bond donors (Lipinski definition) is 1. The van der Waals surface area contributed by atoms with Crippen molar-refractivity contribution < 1.29 is 23.9 Å². The topological polar surface area (TPSA) is 125 Å². The standard InChI is InChI=1S/C26H23N5O5S/c1-16-3-2-4-18(13-16)25(34)36-19-7-5-17(6-8-19)14-20-23(27)31-26(28-24(20)33)37-21(29-31)15-22(32)30-9-11-35-12-10-30/h2-8,13-14,27H,9-12,15H2,1H3. The van der Waals surface area contributed by atoms with Crippen molar-refractivity contribution in [1.82, 2.24) is 9.91 Å². The van der Waals surface area contributed by atoms with E-state index in [9.17, 15) is 14.4 Å². The molecule has 37 heavy (non-hydrogen) atoms. The fraction of sp³-hybridized carbons (Fsp3) is 0.231. The van der Waals surface area contributed by atoms with E-state index in [1.165, 1.54) is 11.1 Å². The lowest BCUT2D eigenvalue weighted by molar-refractivity contribution is -0.133. The largest absolute Gasteiger partial charge is 0.423 e. The molecule has 188 valence electrons. The summed E-state index contributed by atoms with van der Waals surface area (Å²) in [4.78, 5) is 43.4. The van der Waals surface area contributed by atoms with Crippen molar-refractivity contribution in [2.75, 3.05) is 26.3 Å². The van der Waals surface area contributed by atoms with Crippen LogP contribution in [-0.2, 0) is 14.3 Å². The van der Waals surface area contributed by atoms with E-state index in [-0.39, 0.29) is 28.9 Å². The molecular weight excluding hydrogens is 494 g/mol. The van der Waals surface area contributed by atoms with E-state index in [0.717, 1.165) is 17.3 Å². The fourth-order valence-corrected chi connectivity index (χ4v) is 4.77. The van der Waals surface area contributed by atoms with E-state index < -0.39 is 11.9 Å². The Labute approximate surface area is 217 Å². The number of thioether (sulfide) groups is 1. The maximum Gasteiger partial charge on any atom is 0.343 e. The number of aryl methyl sites for hydroxylation is 1. The van der Waals surface area contributed by atoms with Crippen LogP contribution in [-0.4, -0.2) is 70.0 Å². The molecule has 0 unspecified atom stereocenters. The van der Waals surface area contributed by atoms with Gasteiger partial charge in [-0.15, -0.1) is 0 Å². The van der Waals surface area contributed by atoms with Crippen LogP contribution in [0.2, 0.25) is 0 Å². The zero-order valence-corrected chi connectivity index (χ0v) is 20.8. The number of carbonyl (C=O) groups excluding carboxylic acids is 3. The smallest absolute Gasteiger partial charge is 0.343 e. The Morgan fingerprint density at radius 3 is 2.65 bits per heavy atom. The second-order valence-corrected chi connectivity index (χ2v) is 9.55. The third-order valence-electron chi connectivity index (χ3n) is 5.82. The van der Waals surface area contributed by atoms with Gasteiger partial charge in [0.1, 0.15) is 10.8 Å². The van der Waals surface area contributed by atoms with Crippen LogP contribution in [0.5, 0.6) is 5.75 Å². The van der Waals surface area contributed by atoms with Crippen molar-refractivity contribution in [1.29, 1.82) is 5.41 Å². The summed E-state index contributed by atoms with van der Waals surface area (Å²) in [6, 6.07) is 13.7. The quantitative estimate of drug-likeness (QED) is 0.367. The Hall–Kier alpha value is -4.09.